The number of aromatic nitrogens is 2. The summed E-state index contributed by atoms with van der Waals surface area (Å²) in [5.41, 5.74) is 8.38. The molecule has 0 aliphatic heterocycles. The molecule has 0 aliphatic rings. The molecule has 2 aromatic rings. The fourth-order valence-electron chi connectivity index (χ4n) is 1.72. The van der Waals surface area contributed by atoms with E-state index in [4.69, 9.17) is 5.73 Å². The van der Waals surface area contributed by atoms with Crippen LogP contribution in [-0.2, 0) is 6.42 Å². The highest BCUT2D eigenvalue weighted by Crippen LogP contribution is 2.16. The third kappa shape index (κ3) is 3.45. The summed E-state index contributed by atoms with van der Waals surface area (Å²) in [6.45, 7) is 4.33. The van der Waals surface area contributed by atoms with Crippen LogP contribution < -0.4 is 11.1 Å². The molecule has 18 heavy (non-hydrogen) atoms. The first-order valence-electron chi connectivity index (χ1n) is 6.08. The number of nitrogens with two attached hydrogens (primary N) is 1. The molecule has 1 heterocycles. The van der Waals surface area contributed by atoms with Crippen LogP contribution in [-0.4, -0.2) is 10.2 Å². The van der Waals surface area contributed by atoms with Crippen LogP contribution in [0, 0.1) is 5.92 Å². The van der Waals surface area contributed by atoms with E-state index in [-0.39, 0.29) is 0 Å². The Labute approximate surface area is 107 Å². The van der Waals surface area contributed by atoms with Crippen LogP contribution in [0.5, 0.6) is 0 Å². The molecule has 94 valence electrons. The first-order valence-corrected chi connectivity index (χ1v) is 6.08. The van der Waals surface area contributed by atoms with E-state index in [0.29, 0.717) is 5.92 Å². The maximum Gasteiger partial charge on any atom is 0.153 e. The summed E-state index contributed by atoms with van der Waals surface area (Å²) < 4.78 is 0. The maximum atomic E-state index is 5.72. The van der Waals surface area contributed by atoms with E-state index in [1.165, 1.54) is 0 Å². The molecule has 0 atom stereocenters. The van der Waals surface area contributed by atoms with Gasteiger partial charge in [0.05, 0.1) is 5.69 Å². The standard InChI is InChI=1S/C14H18N4/c1-10(2)8-13-6-7-14(18-17-13)16-12-5-3-4-11(15)9-12/h3-7,9-10H,8,15H2,1-2H3,(H,16,18). The van der Waals surface area contributed by atoms with E-state index in [1.54, 1.807) is 0 Å². The molecule has 1 aromatic heterocycles. The van der Waals surface area contributed by atoms with E-state index < -0.39 is 0 Å². The van der Waals surface area contributed by atoms with Gasteiger partial charge < -0.3 is 11.1 Å². The Morgan fingerprint density at radius 3 is 2.61 bits per heavy atom. The van der Waals surface area contributed by atoms with Gasteiger partial charge in [-0.05, 0) is 42.7 Å². The average molecular weight is 242 g/mol. The fourth-order valence-corrected chi connectivity index (χ4v) is 1.72. The zero-order chi connectivity index (χ0) is 13.0. The van der Waals surface area contributed by atoms with Crippen molar-refractivity contribution in [3.63, 3.8) is 0 Å². The fraction of sp³-hybridized carbons (Fsp3) is 0.286. The van der Waals surface area contributed by atoms with Crippen molar-refractivity contribution in [1.82, 2.24) is 10.2 Å². The molecule has 0 unspecified atom stereocenters. The Hall–Kier alpha value is -2.10. The van der Waals surface area contributed by atoms with E-state index in [9.17, 15) is 0 Å². The van der Waals surface area contributed by atoms with Crippen LogP contribution in [0.1, 0.15) is 19.5 Å². The number of anilines is 3. The lowest BCUT2D eigenvalue weighted by molar-refractivity contribution is 0.628. The van der Waals surface area contributed by atoms with Gasteiger partial charge in [-0.25, -0.2) is 0 Å². The molecule has 0 spiro atoms. The second-order valence-corrected chi connectivity index (χ2v) is 4.76. The molecule has 0 fully saturated rings. The van der Waals surface area contributed by atoms with Crippen molar-refractivity contribution in [2.45, 2.75) is 20.3 Å². The summed E-state index contributed by atoms with van der Waals surface area (Å²) >= 11 is 0. The first kappa shape index (κ1) is 12.4. The minimum atomic E-state index is 0.590. The van der Waals surface area contributed by atoms with E-state index in [0.717, 1.165) is 29.3 Å². The van der Waals surface area contributed by atoms with Crippen molar-refractivity contribution >= 4 is 17.2 Å². The third-order valence-corrected chi connectivity index (χ3v) is 2.50. The first-order chi connectivity index (χ1) is 8.63. The predicted molar refractivity (Wildman–Crippen MR) is 74.7 cm³/mol. The summed E-state index contributed by atoms with van der Waals surface area (Å²) in [7, 11) is 0. The Kier molecular flexibility index (Phi) is 3.77. The van der Waals surface area contributed by atoms with E-state index in [2.05, 4.69) is 29.4 Å². The molecular weight excluding hydrogens is 224 g/mol. The average Bonchev–Trinajstić information content (AvgIpc) is 2.31. The smallest absolute Gasteiger partial charge is 0.153 e. The summed E-state index contributed by atoms with van der Waals surface area (Å²) in [6.07, 6.45) is 0.950. The predicted octanol–water partition coefficient (Wildman–Crippen LogP) is 3.00. The molecule has 0 saturated heterocycles. The molecule has 0 bridgehead atoms. The second-order valence-electron chi connectivity index (χ2n) is 4.76. The molecular formula is C14H18N4. The highest BCUT2D eigenvalue weighted by molar-refractivity contribution is 5.60. The van der Waals surface area contributed by atoms with Crippen molar-refractivity contribution in [2.24, 2.45) is 5.92 Å². The molecule has 4 heteroatoms. The molecule has 0 saturated carbocycles. The number of nitrogens with one attached hydrogen (secondary N) is 1. The van der Waals surface area contributed by atoms with Crippen LogP contribution in [0.2, 0.25) is 0 Å². The van der Waals surface area contributed by atoms with E-state index in [1.807, 2.05) is 36.4 Å². The maximum absolute atomic E-state index is 5.72. The van der Waals surface area contributed by atoms with Crippen LogP contribution >= 0.6 is 0 Å². The monoisotopic (exact) mass is 242 g/mol. The number of nitrogens with zero attached hydrogens (tertiary/aromatic N) is 2. The van der Waals surface area contributed by atoms with Gasteiger partial charge in [-0.15, -0.1) is 5.10 Å². The summed E-state index contributed by atoms with van der Waals surface area (Å²) in [5.74, 6) is 1.32. The number of hydrogen-bond acceptors (Lipinski definition) is 4. The number of hydrogen-bond donors (Lipinski definition) is 2. The van der Waals surface area contributed by atoms with Gasteiger partial charge in [0.2, 0.25) is 0 Å². The Morgan fingerprint density at radius 2 is 2.00 bits per heavy atom. The molecule has 0 radical (unpaired) electrons. The molecule has 4 nitrogen and oxygen atoms in total. The van der Waals surface area contributed by atoms with Gasteiger partial charge in [0.25, 0.3) is 0 Å². The molecule has 0 aliphatic carbocycles. The lowest BCUT2D eigenvalue weighted by atomic mass is 10.1. The minimum absolute atomic E-state index is 0.590. The van der Waals surface area contributed by atoms with Crippen molar-refractivity contribution in [3.8, 4) is 0 Å². The number of nitrogen functional groups attached to an aromatic ring is 1. The van der Waals surface area contributed by atoms with Gasteiger partial charge in [-0.1, -0.05) is 19.9 Å². The van der Waals surface area contributed by atoms with Gasteiger partial charge in [0.1, 0.15) is 0 Å². The Bertz CT molecular complexity index is 505. The van der Waals surface area contributed by atoms with Crippen molar-refractivity contribution < 1.29 is 0 Å². The van der Waals surface area contributed by atoms with Crippen molar-refractivity contribution in [1.29, 1.82) is 0 Å². The lowest BCUT2D eigenvalue weighted by Crippen LogP contribution is -2.01. The Balaban J connectivity index is 2.06. The van der Waals surface area contributed by atoms with Crippen LogP contribution in [0.25, 0.3) is 0 Å². The SMILES string of the molecule is CC(C)Cc1ccc(Nc2cccc(N)c2)nn1. The van der Waals surface area contributed by atoms with Gasteiger partial charge in [-0.3, -0.25) is 0 Å². The third-order valence-electron chi connectivity index (χ3n) is 2.50. The molecule has 3 N–H and O–H groups in total. The second kappa shape index (κ2) is 5.49. The minimum Gasteiger partial charge on any atom is -0.399 e. The quantitative estimate of drug-likeness (QED) is 0.809. The van der Waals surface area contributed by atoms with Gasteiger partial charge in [0.15, 0.2) is 5.82 Å². The van der Waals surface area contributed by atoms with Crippen molar-refractivity contribution in [2.75, 3.05) is 11.1 Å². The van der Waals surface area contributed by atoms with Crippen molar-refractivity contribution in [3.05, 3.63) is 42.1 Å². The highest BCUT2D eigenvalue weighted by Gasteiger charge is 2.01. The van der Waals surface area contributed by atoms with E-state index >= 15 is 0 Å². The van der Waals surface area contributed by atoms with Crippen LogP contribution in [0.4, 0.5) is 17.2 Å². The topological polar surface area (TPSA) is 63.8 Å². The van der Waals surface area contributed by atoms with Gasteiger partial charge >= 0.3 is 0 Å². The summed E-state index contributed by atoms with van der Waals surface area (Å²) in [4.78, 5) is 0. The highest BCUT2D eigenvalue weighted by atomic mass is 15.2. The molecule has 0 amide bonds. The molecule has 1 aromatic carbocycles. The summed E-state index contributed by atoms with van der Waals surface area (Å²) in [6, 6.07) is 11.5. The Morgan fingerprint density at radius 1 is 1.17 bits per heavy atom. The normalized spacial score (nSPS) is 10.6. The van der Waals surface area contributed by atoms with Crippen LogP contribution in [0.15, 0.2) is 36.4 Å². The zero-order valence-electron chi connectivity index (χ0n) is 10.7. The van der Waals surface area contributed by atoms with Gasteiger partial charge in [-0.2, -0.15) is 5.10 Å². The van der Waals surface area contributed by atoms with Crippen LogP contribution in [0.3, 0.4) is 0 Å². The lowest BCUT2D eigenvalue weighted by Gasteiger charge is -2.07. The molecule has 2 rings (SSSR count). The number of benzene rings is 1. The summed E-state index contributed by atoms with van der Waals surface area (Å²) in [5, 5.41) is 11.5. The number of rotatable bonds is 4. The largest absolute Gasteiger partial charge is 0.399 e. The van der Waals surface area contributed by atoms with Gasteiger partial charge in [0, 0.05) is 11.4 Å². The zero-order valence-corrected chi connectivity index (χ0v) is 10.7.